The Bertz CT molecular complexity index is 455. The number of aromatic nitrogens is 1. The molecule has 0 unspecified atom stereocenters. The molecule has 0 radical (unpaired) electrons. The van der Waals surface area contributed by atoms with Crippen molar-refractivity contribution in [2.45, 2.75) is 26.3 Å². The molecule has 0 aliphatic heterocycles. The predicted octanol–water partition coefficient (Wildman–Crippen LogP) is 1.33. The Labute approximate surface area is 100 Å². The van der Waals surface area contributed by atoms with Gasteiger partial charge in [-0.1, -0.05) is 6.07 Å². The van der Waals surface area contributed by atoms with E-state index in [0.717, 1.165) is 5.56 Å². The number of carboxylic acids is 1. The first-order valence-corrected chi connectivity index (χ1v) is 5.21. The number of aryl methyl sites for hydroxylation is 1. The maximum atomic E-state index is 12.1. The molecule has 0 aliphatic carbocycles. The summed E-state index contributed by atoms with van der Waals surface area (Å²) in [6.45, 7) is 4.72. The van der Waals surface area contributed by atoms with Gasteiger partial charge in [-0.2, -0.15) is 0 Å². The number of aliphatic carboxylic acids is 1. The number of pyridine rings is 1. The van der Waals surface area contributed by atoms with E-state index in [9.17, 15) is 9.59 Å². The summed E-state index contributed by atoms with van der Waals surface area (Å²) < 4.78 is 0. The number of rotatable bonds is 3. The van der Waals surface area contributed by atoms with Gasteiger partial charge in [-0.15, -0.1) is 0 Å². The first kappa shape index (κ1) is 13.2. The van der Waals surface area contributed by atoms with Crippen molar-refractivity contribution < 1.29 is 14.7 Å². The molecule has 17 heavy (non-hydrogen) atoms. The van der Waals surface area contributed by atoms with Crippen LogP contribution in [0, 0.1) is 6.92 Å². The summed E-state index contributed by atoms with van der Waals surface area (Å²) in [5.74, 6) is -1.45. The van der Waals surface area contributed by atoms with E-state index in [4.69, 9.17) is 5.11 Å². The Morgan fingerprint density at radius 3 is 2.47 bits per heavy atom. The summed E-state index contributed by atoms with van der Waals surface area (Å²) in [6.07, 6.45) is 1.52. The highest BCUT2D eigenvalue weighted by atomic mass is 16.4. The van der Waals surface area contributed by atoms with E-state index in [1.807, 2.05) is 0 Å². The topological polar surface area (TPSA) is 70.5 Å². The molecule has 0 saturated carbocycles. The number of nitrogens with zero attached hydrogens (tertiary/aromatic N) is 2. The summed E-state index contributed by atoms with van der Waals surface area (Å²) in [7, 11) is 1.46. The smallest absolute Gasteiger partial charge is 0.329 e. The van der Waals surface area contributed by atoms with Crippen LogP contribution < -0.4 is 0 Å². The number of carbonyl (C=O) groups excluding carboxylic acids is 1. The summed E-state index contributed by atoms with van der Waals surface area (Å²) >= 11 is 0. The number of hydrogen-bond acceptors (Lipinski definition) is 3. The molecular weight excluding hydrogens is 220 g/mol. The monoisotopic (exact) mass is 236 g/mol. The van der Waals surface area contributed by atoms with E-state index in [2.05, 4.69) is 4.98 Å². The van der Waals surface area contributed by atoms with Crippen LogP contribution in [0.3, 0.4) is 0 Å². The molecule has 0 aliphatic rings. The normalized spacial score (nSPS) is 11.1. The van der Waals surface area contributed by atoms with Gasteiger partial charge in [-0.25, -0.2) is 4.79 Å². The number of hydrogen-bond donors (Lipinski definition) is 1. The van der Waals surface area contributed by atoms with E-state index in [0.29, 0.717) is 0 Å². The maximum absolute atomic E-state index is 12.1. The predicted molar refractivity (Wildman–Crippen MR) is 62.8 cm³/mol. The summed E-state index contributed by atoms with van der Waals surface area (Å²) in [6, 6.07) is 3.50. The van der Waals surface area contributed by atoms with Gasteiger partial charge >= 0.3 is 5.97 Å². The standard InChI is InChI=1S/C12H16N2O3/c1-8-6-5-7-13-9(8)10(15)14(4)12(2,3)11(16)17/h5-7H,1-4H3,(H,16,17). The van der Waals surface area contributed by atoms with Crippen molar-refractivity contribution in [3.05, 3.63) is 29.6 Å². The van der Waals surface area contributed by atoms with E-state index < -0.39 is 17.4 Å². The average molecular weight is 236 g/mol. The van der Waals surface area contributed by atoms with E-state index in [1.165, 1.54) is 32.0 Å². The van der Waals surface area contributed by atoms with Gasteiger partial charge in [0.1, 0.15) is 11.2 Å². The van der Waals surface area contributed by atoms with Crippen molar-refractivity contribution >= 4 is 11.9 Å². The third-order valence-electron chi connectivity index (χ3n) is 2.88. The van der Waals surface area contributed by atoms with Gasteiger partial charge in [0.15, 0.2) is 0 Å². The molecule has 1 heterocycles. The molecule has 1 N–H and O–H groups in total. The lowest BCUT2D eigenvalue weighted by Crippen LogP contribution is -2.51. The number of carbonyl (C=O) groups is 2. The van der Waals surface area contributed by atoms with Crippen LogP contribution >= 0.6 is 0 Å². The molecule has 0 saturated heterocycles. The molecule has 92 valence electrons. The highest BCUT2D eigenvalue weighted by Crippen LogP contribution is 2.16. The molecular formula is C12H16N2O3. The molecule has 5 nitrogen and oxygen atoms in total. The van der Waals surface area contributed by atoms with E-state index in [1.54, 1.807) is 19.1 Å². The molecule has 1 rings (SSSR count). The largest absolute Gasteiger partial charge is 0.480 e. The zero-order chi connectivity index (χ0) is 13.2. The second-order valence-electron chi connectivity index (χ2n) is 4.40. The van der Waals surface area contributed by atoms with Gasteiger partial charge in [0, 0.05) is 13.2 Å². The van der Waals surface area contributed by atoms with Crippen molar-refractivity contribution in [2.24, 2.45) is 0 Å². The summed E-state index contributed by atoms with van der Waals surface area (Å²) in [4.78, 5) is 28.4. The van der Waals surface area contributed by atoms with Crippen LogP contribution in [0.25, 0.3) is 0 Å². The van der Waals surface area contributed by atoms with Crippen LogP contribution in [0.4, 0.5) is 0 Å². The molecule has 1 aromatic rings. The van der Waals surface area contributed by atoms with Crippen LogP contribution in [0.1, 0.15) is 29.9 Å². The fourth-order valence-electron chi connectivity index (χ4n) is 1.27. The zero-order valence-electron chi connectivity index (χ0n) is 10.4. The van der Waals surface area contributed by atoms with Crippen LogP contribution in [-0.2, 0) is 4.79 Å². The fourth-order valence-corrected chi connectivity index (χ4v) is 1.27. The lowest BCUT2D eigenvalue weighted by molar-refractivity contribution is -0.147. The Hall–Kier alpha value is -1.91. The lowest BCUT2D eigenvalue weighted by atomic mass is 10.0. The molecule has 0 atom stereocenters. The molecule has 0 bridgehead atoms. The minimum Gasteiger partial charge on any atom is -0.480 e. The lowest BCUT2D eigenvalue weighted by Gasteiger charge is -2.31. The number of amides is 1. The second-order valence-corrected chi connectivity index (χ2v) is 4.40. The third-order valence-corrected chi connectivity index (χ3v) is 2.88. The van der Waals surface area contributed by atoms with Crippen molar-refractivity contribution in [2.75, 3.05) is 7.05 Å². The Kier molecular flexibility index (Phi) is 3.50. The van der Waals surface area contributed by atoms with Crippen LogP contribution in [0.5, 0.6) is 0 Å². The van der Waals surface area contributed by atoms with Crippen molar-refractivity contribution in [3.63, 3.8) is 0 Å². The average Bonchev–Trinajstić information content (AvgIpc) is 2.27. The Morgan fingerprint density at radius 2 is 2.00 bits per heavy atom. The van der Waals surface area contributed by atoms with Crippen LogP contribution in [0.15, 0.2) is 18.3 Å². The fraction of sp³-hybridized carbons (Fsp3) is 0.417. The quantitative estimate of drug-likeness (QED) is 0.859. The van der Waals surface area contributed by atoms with Gasteiger partial charge in [-0.05, 0) is 32.4 Å². The minimum atomic E-state index is -1.26. The van der Waals surface area contributed by atoms with Crippen LogP contribution in [-0.4, -0.2) is 39.5 Å². The molecule has 1 aromatic heterocycles. The van der Waals surface area contributed by atoms with Crippen LogP contribution in [0.2, 0.25) is 0 Å². The Balaban J connectivity index is 3.07. The first-order chi connectivity index (χ1) is 7.78. The highest BCUT2D eigenvalue weighted by molar-refractivity contribution is 5.96. The van der Waals surface area contributed by atoms with E-state index >= 15 is 0 Å². The van der Waals surface area contributed by atoms with Crippen molar-refractivity contribution in [1.29, 1.82) is 0 Å². The maximum Gasteiger partial charge on any atom is 0.329 e. The molecule has 1 amide bonds. The van der Waals surface area contributed by atoms with Gasteiger partial charge < -0.3 is 10.0 Å². The minimum absolute atomic E-state index is 0.282. The Morgan fingerprint density at radius 1 is 1.41 bits per heavy atom. The molecule has 0 spiro atoms. The third kappa shape index (κ3) is 2.43. The van der Waals surface area contributed by atoms with Crippen molar-refractivity contribution in [1.82, 2.24) is 9.88 Å². The molecule has 0 fully saturated rings. The van der Waals surface area contributed by atoms with Gasteiger partial charge in [-0.3, -0.25) is 9.78 Å². The van der Waals surface area contributed by atoms with Gasteiger partial charge in [0.25, 0.3) is 5.91 Å². The molecule has 5 heteroatoms. The second kappa shape index (κ2) is 4.53. The number of carboxylic acid groups (broad SMARTS) is 1. The number of likely N-dealkylation sites (N-methyl/N-ethyl adjacent to an activating group) is 1. The first-order valence-electron chi connectivity index (χ1n) is 5.21. The van der Waals surface area contributed by atoms with Gasteiger partial charge in [0.05, 0.1) is 0 Å². The SMILES string of the molecule is Cc1cccnc1C(=O)N(C)C(C)(C)C(=O)O. The molecule has 0 aromatic carbocycles. The van der Waals surface area contributed by atoms with E-state index in [-0.39, 0.29) is 5.69 Å². The van der Waals surface area contributed by atoms with Crippen molar-refractivity contribution in [3.8, 4) is 0 Å². The highest BCUT2D eigenvalue weighted by Gasteiger charge is 2.36. The van der Waals surface area contributed by atoms with Gasteiger partial charge in [0.2, 0.25) is 0 Å². The summed E-state index contributed by atoms with van der Waals surface area (Å²) in [5, 5.41) is 9.06. The summed E-state index contributed by atoms with van der Waals surface area (Å²) in [5.41, 5.74) is -0.254. The zero-order valence-corrected chi connectivity index (χ0v) is 10.4.